The van der Waals surface area contributed by atoms with Gasteiger partial charge in [0.15, 0.2) is 0 Å². The number of nitrogens with one attached hydrogen (secondary N) is 1. The zero-order chi connectivity index (χ0) is 15.0. The van der Waals surface area contributed by atoms with Gasteiger partial charge in [-0.1, -0.05) is 42.6 Å². The Hall–Kier alpha value is -0.810. The summed E-state index contributed by atoms with van der Waals surface area (Å²) in [6, 6.07) is 4.82. The van der Waals surface area contributed by atoms with Gasteiger partial charge in [-0.15, -0.1) is 0 Å². The standard InChI is InChI=1S/C14H20Cl2N2O2/c1-2-3-13(17)14(19)18-6-7-20-9-10-4-5-11(15)8-12(10)16/h4-5,8,13H,2-3,6-7,9,17H2,1H3,(H,18,19). The Bertz CT molecular complexity index is 441. The van der Waals surface area contributed by atoms with E-state index in [-0.39, 0.29) is 5.91 Å². The molecule has 1 aromatic rings. The molecule has 1 amide bonds. The molecule has 20 heavy (non-hydrogen) atoms. The van der Waals surface area contributed by atoms with Crippen molar-refractivity contribution in [2.24, 2.45) is 5.73 Å². The van der Waals surface area contributed by atoms with Crippen LogP contribution in [0.1, 0.15) is 25.3 Å². The number of carbonyl (C=O) groups excluding carboxylic acids is 1. The third kappa shape index (κ3) is 6.09. The first-order valence-corrected chi connectivity index (χ1v) is 7.35. The highest BCUT2D eigenvalue weighted by atomic mass is 35.5. The van der Waals surface area contributed by atoms with Gasteiger partial charge in [0, 0.05) is 16.6 Å². The maximum absolute atomic E-state index is 11.5. The van der Waals surface area contributed by atoms with Gasteiger partial charge in [0.2, 0.25) is 5.91 Å². The summed E-state index contributed by atoms with van der Waals surface area (Å²) in [5.74, 6) is -0.139. The molecule has 1 aromatic carbocycles. The Labute approximate surface area is 129 Å². The minimum atomic E-state index is -0.439. The van der Waals surface area contributed by atoms with Gasteiger partial charge < -0.3 is 15.8 Å². The fraction of sp³-hybridized carbons (Fsp3) is 0.500. The van der Waals surface area contributed by atoms with Crippen LogP contribution in [0, 0.1) is 0 Å². The molecular weight excluding hydrogens is 299 g/mol. The summed E-state index contributed by atoms with van der Waals surface area (Å²) in [7, 11) is 0. The molecule has 1 atom stereocenters. The van der Waals surface area contributed by atoms with Crippen LogP contribution in [-0.2, 0) is 16.1 Å². The lowest BCUT2D eigenvalue weighted by molar-refractivity contribution is -0.122. The predicted octanol–water partition coefficient (Wildman–Crippen LogP) is 2.75. The minimum Gasteiger partial charge on any atom is -0.375 e. The van der Waals surface area contributed by atoms with Crippen LogP contribution in [0.5, 0.6) is 0 Å². The summed E-state index contributed by atoms with van der Waals surface area (Å²) in [5, 5.41) is 3.90. The Morgan fingerprint density at radius 3 is 2.85 bits per heavy atom. The van der Waals surface area contributed by atoms with Gasteiger partial charge >= 0.3 is 0 Å². The summed E-state index contributed by atoms with van der Waals surface area (Å²) >= 11 is 11.8. The topological polar surface area (TPSA) is 64.4 Å². The number of ether oxygens (including phenoxy) is 1. The fourth-order valence-corrected chi connectivity index (χ4v) is 2.10. The van der Waals surface area contributed by atoms with Crippen LogP contribution in [0.25, 0.3) is 0 Å². The molecule has 1 unspecified atom stereocenters. The molecule has 0 saturated carbocycles. The van der Waals surface area contributed by atoms with Crippen LogP contribution >= 0.6 is 23.2 Å². The molecule has 0 radical (unpaired) electrons. The van der Waals surface area contributed by atoms with Crippen LogP contribution in [0.4, 0.5) is 0 Å². The van der Waals surface area contributed by atoms with Crippen molar-refractivity contribution in [1.82, 2.24) is 5.32 Å². The van der Waals surface area contributed by atoms with E-state index in [1.807, 2.05) is 13.0 Å². The molecule has 0 aliphatic carbocycles. The second-order valence-corrected chi connectivity index (χ2v) is 5.32. The molecule has 112 valence electrons. The first kappa shape index (κ1) is 17.2. The van der Waals surface area contributed by atoms with E-state index in [0.717, 1.165) is 12.0 Å². The van der Waals surface area contributed by atoms with E-state index in [1.54, 1.807) is 12.1 Å². The number of amides is 1. The van der Waals surface area contributed by atoms with E-state index in [2.05, 4.69) is 5.32 Å². The molecule has 0 fully saturated rings. The summed E-state index contributed by atoms with van der Waals surface area (Å²) in [6.45, 7) is 3.21. The van der Waals surface area contributed by atoms with Crippen molar-refractivity contribution in [2.45, 2.75) is 32.4 Å². The molecule has 0 aromatic heterocycles. The van der Waals surface area contributed by atoms with Gasteiger partial charge in [-0.2, -0.15) is 0 Å². The lowest BCUT2D eigenvalue weighted by Gasteiger charge is -2.11. The highest BCUT2D eigenvalue weighted by Crippen LogP contribution is 2.21. The molecule has 0 aliphatic rings. The van der Waals surface area contributed by atoms with E-state index < -0.39 is 6.04 Å². The average molecular weight is 319 g/mol. The molecular formula is C14H20Cl2N2O2. The molecule has 6 heteroatoms. The third-order valence-electron chi connectivity index (χ3n) is 2.75. The van der Waals surface area contributed by atoms with E-state index in [1.165, 1.54) is 0 Å². The number of benzene rings is 1. The third-order valence-corrected chi connectivity index (χ3v) is 3.34. The Morgan fingerprint density at radius 1 is 1.45 bits per heavy atom. The number of rotatable bonds is 8. The Morgan fingerprint density at radius 2 is 2.20 bits per heavy atom. The summed E-state index contributed by atoms with van der Waals surface area (Å²) in [4.78, 5) is 11.5. The van der Waals surface area contributed by atoms with Gasteiger partial charge in [-0.25, -0.2) is 0 Å². The van der Waals surface area contributed by atoms with Gasteiger partial charge in [-0.3, -0.25) is 4.79 Å². The summed E-state index contributed by atoms with van der Waals surface area (Å²) < 4.78 is 5.45. The zero-order valence-electron chi connectivity index (χ0n) is 11.5. The normalized spacial score (nSPS) is 12.2. The molecule has 0 bridgehead atoms. The van der Waals surface area contributed by atoms with Crippen LogP contribution in [0.15, 0.2) is 18.2 Å². The average Bonchev–Trinajstić information content (AvgIpc) is 2.40. The van der Waals surface area contributed by atoms with Crippen molar-refractivity contribution in [3.63, 3.8) is 0 Å². The van der Waals surface area contributed by atoms with E-state index in [9.17, 15) is 4.79 Å². The Kier molecular flexibility index (Phi) is 7.92. The van der Waals surface area contributed by atoms with Crippen molar-refractivity contribution >= 4 is 29.1 Å². The van der Waals surface area contributed by atoms with Gasteiger partial charge in [0.05, 0.1) is 19.3 Å². The van der Waals surface area contributed by atoms with Gasteiger partial charge in [0.25, 0.3) is 0 Å². The van der Waals surface area contributed by atoms with Crippen LogP contribution in [0.2, 0.25) is 10.0 Å². The number of hydrogen-bond donors (Lipinski definition) is 2. The number of halogens is 2. The van der Waals surface area contributed by atoms with Gasteiger partial charge in [-0.05, 0) is 24.1 Å². The number of hydrogen-bond acceptors (Lipinski definition) is 3. The Balaban J connectivity index is 2.20. The highest BCUT2D eigenvalue weighted by molar-refractivity contribution is 6.35. The maximum atomic E-state index is 11.5. The molecule has 0 heterocycles. The van der Waals surface area contributed by atoms with Crippen molar-refractivity contribution < 1.29 is 9.53 Å². The van der Waals surface area contributed by atoms with E-state index >= 15 is 0 Å². The van der Waals surface area contributed by atoms with Crippen molar-refractivity contribution in [1.29, 1.82) is 0 Å². The van der Waals surface area contributed by atoms with Crippen LogP contribution < -0.4 is 11.1 Å². The quantitative estimate of drug-likeness (QED) is 0.724. The van der Waals surface area contributed by atoms with Crippen molar-refractivity contribution in [3.05, 3.63) is 33.8 Å². The maximum Gasteiger partial charge on any atom is 0.236 e. The van der Waals surface area contributed by atoms with E-state index in [4.69, 9.17) is 33.7 Å². The van der Waals surface area contributed by atoms with E-state index in [0.29, 0.717) is 36.2 Å². The second-order valence-electron chi connectivity index (χ2n) is 4.47. The summed E-state index contributed by atoms with van der Waals surface area (Å²) in [6.07, 6.45) is 1.58. The predicted molar refractivity (Wildman–Crippen MR) is 82.0 cm³/mol. The number of nitrogens with two attached hydrogens (primary N) is 1. The number of carbonyl (C=O) groups is 1. The molecule has 4 nitrogen and oxygen atoms in total. The zero-order valence-corrected chi connectivity index (χ0v) is 13.0. The van der Waals surface area contributed by atoms with Crippen molar-refractivity contribution in [2.75, 3.05) is 13.2 Å². The lowest BCUT2D eigenvalue weighted by atomic mass is 10.2. The van der Waals surface area contributed by atoms with Crippen LogP contribution in [-0.4, -0.2) is 25.1 Å². The first-order chi connectivity index (χ1) is 9.54. The van der Waals surface area contributed by atoms with Crippen molar-refractivity contribution in [3.8, 4) is 0 Å². The van der Waals surface area contributed by atoms with Gasteiger partial charge in [0.1, 0.15) is 0 Å². The molecule has 0 saturated heterocycles. The summed E-state index contributed by atoms with van der Waals surface area (Å²) in [5.41, 5.74) is 6.55. The molecule has 0 spiro atoms. The molecule has 1 rings (SSSR count). The largest absolute Gasteiger partial charge is 0.375 e. The molecule has 3 N–H and O–H groups in total. The lowest BCUT2D eigenvalue weighted by Crippen LogP contribution is -2.41. The van der Waals surface area contributed by atoms with Crippen LogP contribution in [0.3, 0.4) is 0 Å². The fourth-order valence-electron chi connectivity index (χ4n) is 1.64. The molecule has 0 aliphatic heterocycles. The smallest absolute Gasteiger partial charge is 0.236 e. The first-order valence-electron chi connectivity index (χ1n) is 6.59. The monoisotopic (exact) mass is 318 g/mol. The minimum absolute atomic E-state index is 0.139. The SMILES string of the molecule is CCCC(N)C(=O)NCCOCc1ccc(Cl)cc1Cl. The second kappa shape index (κ2) is 9.19. The highest BCUT2D eigenvalue weighted by Gasteiger charge is 2.10.